The predicted octanol–water partition coefficient (Wildman–Crippen LogP) is 12.9. The first-order valence-corrected chi connectivity index (χ1v) is 17.3. The number of benzene rings is 8. The highest BCUT2D eigenvalue weighted by Crippen LogP contribution is 2.51. The van der Waals surface area contributed by atoms with Gasteiger partial charge in [0.2, 0.25) is 0 Å². The Morgan fingerprint density at radius 1 is 0.420 bits per heavy atom. The molecule has 3 nitrogen and oxygen atoms in total. The van der Waals surface area contributed by atoms with E-state index in [2.05, 4.69) is 167 Å². The third-order valence-corrected chi connectivity index (χ3v) is 11.1. The van der Waals surface area contributed by atoms with Crippen LogP contribution in [0.5, 0.6) is 0 Å². The summed E-state index contributed by atoms with van der Waals surface area (Å²) in [7, 11) is 0. The first kappa shape index (κ1) is 26.4. The molecule has 0 aliphatic heterocycles. The molecule has 0 saturated carbocycles. The Morgan fingerprint density at radius 2 is 1.12 bits per heavy atom. The van der Waals surface area contributed by atoms with E-state index in [1.54, 1.807) is 0 Å². The van der Waals surface area contributed by atoms with E-state index in [-0.39, 0.29) is 0 Å². The lowest BCUT2D eigenvalue weighted by Crippen LogP contribution is -2.10. The van der Waals surface area contributed by atoms with Crippen molar-refractivity contribution in [2.24, 2.45) is 0 Å². The third-order valence-electron chi connectivity index (χ3n) is 11.1. The molecule has 2 aliphatic rings. The van der Waals surface area contributed by atoms with Crippen molar-refractivity contribution < 1.29 is 4.42 Å². The number of fused-ring (bicyclic) bond motifs is 4. The summed E-state index contributed by atoms with van der Waals surface area (Å²) in [5, 5.41) is 7.54. The fourth-order valence-corrected chi connectivity index (χ4v) is 9.07. The maximum atomic E-state index is 6.47. The topological polar surface area (TPSA) is 21.3 Å². The lowest BCUT2D eigenvalue weighted by molar-refractivity contribution is 0.669. The highest BCUT2D eigenvalue weighted by Gasteiger charge is 2.26. The van der Waals surface area contributed by atoms with Crippen LogP contribution in [0.1, 0.15) is 11.1 Å². The van der Waals surface area contributed by atoms with Crippen molar-refractivity contribution in [3.63, 3.8) is 0 Å². The van der Waals surface area contributed by atoms with E-state index in [1.807, 2.05) is 0 Å². The molecule has 2 aromatic heterocycles. The Balaban J connectivity index is 1.11. The van der Waals surface area contributed by atoms with Gasteiger partial charge in [-0.25, -0.2) is 0 Å². The van der Waals surface area contributed by atoms with Gasteiger partial charge < -0.3 is 13.9 Å². The van der Waals surface area contributed by atoms with E-state index >= 15 is 0 Å². The Kier molecular flexibility index (Phi) is 5.02. The lowest BCUT2D eigenvalue weighted by Gasteiger charge is -2.26. The van der Waals surface area contributed by atoms with E-state index in [9.17, 15) is 0 Å². The van der Waals surface area contributed by atoms with Crippen LogP contribution in [0.15, 0.2) is 162 Å². The molecule has 0 atom stereocenters. The summed E-state index contributed by atoms with van der Waals surface area (Å²) in [6, 6.07) is 57.7. The second-order valence-electron chi connectivity index (χ2n) is 13.7. The molecule has 0 bridgehead atoms. The number of hydrogen-bond donors (Lipinski definition) is 0. The molecular formula is C47H28N2O. The zero-order valence-electron chi connectivity index (χ0n) is 27.0. The molecule has 10 aromatic rings. The summed E-state index contributed by atoms with van der Waals surface area (Å²) >= 11 is 0. The van der Waals surface area contributed by atoms with Gasteiger partial charge in [0, 0.05) is 49.7 Å². The van der Waals surface area contributed by atoms with Gasteiger partial charge in [-0.05, 0) is 112 Å². The van der Waals surface area contributed by atoms with Crippen molar-refractivity contribution in [3.8, 4) is 27.9 Å². The quantitative estimate of drug-likeness (QED) is 0.192. The number of furan rings is 1. The summed E-state index contributed by atoms with van der Waals surface area (Å²) in [4.78, 5) is 2.40. The molecule has 2 aliphatic carbocycles. The van der Waals surface area contributed by atoms with Gasteiger partial charge in [-0.3, -0.25) is 0 Å². The number of para-hydroxylation sites is 1. The van der Waals surface area contributed by atoms with Gasteiger partial charge in [0.15, 0.2) is 0 Å². The van der Waals surface area contributed by atoms with Crippen molar-refractivity contribution in [2.45, 2.75) is 6.42 Å². The molecular weight excluding hydrogens is 609 g/mol. The van der Waals surface area contributed by atoms with E-state index in [0.717, 1.165) is 40.3 Å². The molecule has 0 fully saturated rings. The molecule has 0 radical (unpaired) electrons. The maximum Gasteiger partial charge on any atom is 0.136 e. The van der Waals surface area contributed by atoms with Crippen molar-refractivity contribution >= 4 is 71.6 Å². The van der Waals surface area contributed by atoms with Gasteiger partial charge >= 0.3 is 0 Å². The molecule has 2 heterocycles. The first-order valence-electron chi connectivity index (χ1n) is 17.3. The van der Waals surface area contributed by atoms with Crippen molar-refractivity contribution in [2.75, 3.05) is 4.90 Å². The Labute approximate surface area is 287 Å². The van der Waals surface area contributed by atoms with Gasteiger partial charge in [-0.2, -0.15) is 0 Å². The number of aromatic nitrogens is 1. The van der Waals surface area contributed by atoms with E-state index in [1.165, 1.54) is 76.7 Å². The molecule has 0 spiro atoms. The zero-order chi connectivity index (χ0) is 32.5. The summed E-state index contributed by atoms with van der Waals surface area (Å²) in [6.45, 7) is 0. The van der Waals surface area contributed by atoms with Crippen LogP contribution in [-0.4, -0.2) is 4.57 Å². The standard InChI is InChI=1S/C47H28N2O/c1-2-10-31(11-3-1)48(34-21-22-36-30(26-34)25-29-9-4-5-14-35(29)36)32-12-6-13-33(27-32)49-39-17-7-15-37-38-16-8-18-41-45(38)47-42(50-41)24-20-28-19-23-40(49)46(43(28)47)44(37)39/h1-24,26-27H,25H2. The molecule has 3 heteroatoms. The third kappa shape index (κ3) is 3.38. The number of nitrogens with zero attached hydrogens (tertiary/aromatic N) is 2. The number of rotatable bonds is 4. The van der Waals surface area contributed by atoms with Crippen LogP contribution in [0.25, 0.3) is 82.5 Å². The highest BCUT2D eigenvalue weighted by atomic mass is 16.3. The van der Waals surface area contributed by atoms with Gasteiger partial charge in [-0.15, -0.1) is 0 Å². The fraction of sp³-hybridized carbons (Fsp3) is 0.0213. The molecule has 50 heavy (non-hydrogen) atoms. The van der Waals surface area contributed by atoms with Crippen LogP contribution in [0.2, 0.25) is 0 Å². The maximum absolute atomic E-state index is 6.47. The normalized spacial score (nSPS) is 12.7. The molecule has 0 unspecified atom stereocenters. The summed E-state index contributed by atoms with van der Waals surface area (Å²) in [6.07, 6.45) is 0.957. The summed E-state index contributed by atoms with van der Waals surface area (Å²) in [5.74, 6) is 0. The van der Waals surface area contributed by atoms with Crippen LogP contribution >= 0.6 is 0 Å². The van der Waals surface area contributed by atoms with Crippen LogP contribution < -0.4 is 4.90 Å². The fourth-order valence-electron chi connectivity index (χ4n) is 9.07. The van der Waals surface area contributed by atoms with E-state index < -0.39 is 0 Å². The minimum Gasteiger partial charge on any atom is -0.456 e. The molecule has 8 aromatic carbocycles. The van der Waals surface area contributed by atoms with E-state index in [0.29, 0.717) is 0 Å². The van der Waals surface area contributed by atoms with Gasteiger partial charge in [-0.1, -0.05) is 91.0 Å². The zero-order valence-corrected chi connectivity index (χ0v) is 27.0. The minimum absolute atomic E-state index is 0.944. The SMILES string of the molecule is c1ccc(N(c2cccc(-n3c4cccc5c4c4c6c(ccc7oc8cccc-5c8c76)ccc43)c2)c2ccc3c(c2)Cc2ccccc2-3)cc1. The average molecular weight is 637 g/mol. The number of hydrogen-bond acceptors (Lipinski definition) is 2. The first-order chi connectivity index (χ1) is 24.8. The Morgan fingerprint density at radius 3 is 2.06 bits per heavy atom. The predicted molar refractivity (Wildman–Crippen MR) is 207 cm³/mol. The van der Waals surface area contributed by atoms with Crippen LogP contribution in [0, 0.1) is 0 Å². The summed E-state index contributed by atoms with van der Waals surface area (Å²) in [5.41, 5.74) is 16.8. The largest absolute Gasteiger partial charge is 0.456 e. The summed E-state index contributed by atoms with van der Waals surface area (Å²) < 4.78 is 8.93. The average Bonchev–Trinajstić information content (AvgIpc) is 3.82. The molecule has 0 N–H and O–H groups in total. The second kappa shape index (κ2) is 9.52. The van der Waals surface area contributed by atoms with Crippen LogP contribution in [0.3, 0.4) is 0 Å². The molecule has 0 amide bonds. The van der Waals surface area contributed by atoms with Crippen LogP contribution in [-0.2, 0) is 6.42 Å². The second-order valence-corrected chi connectivity index (χ2v) is 13.7. The van der Waals surface area contributed by atoms with E-state index in [4.69, 9.17) is 4.42 Å². The highest BCUT2D eigenvalue weighted by molar-refractivity contribution is 6.37. The molecule has 232 valence electrons. The van der Waals surface area contributed by atoms with Gasteiger partial charge in [0.05, 0.1) is 11.0 Å². The van der Waals surface area contributed by atoms with Gasteiger partial charge in [0.25, 0.3) is 0 Å². The van der Waals surface area contributed by atoms with Crippen molar-refractivity contribution in [1.29, 1.82) is 0 Å². The van der Waals surface area contributed by atoms with Crippen LogP contribution in [0.4, 0.5) is 17.1 Å². The Bertz CT molecular complexity index is 3070. The lowest BCUT2D eigenvalue weighted by atomic mass is 9.98. The monoisotopic (exact) mass is 636 g/mol. The molecule has 0 saturated heterocycles. The Hall–Kier alpha value is -6.58. The minimum atomic E-state index is 0.944. The smallest absolute Gasteiger partial charge is 0.136 e. The number of anilines is 3. The van der Waals surface area contributed by atoms with Crippen molar-refractivity contribution in [1.82, 2.24) is 4.57 Å². The van der Waals surface area contributed by atoms with Gasteiger partial charge in [0.1, 0.15) is 11.2 Å². The van der Waals surface area contributed by atoms with Crippen molar-refractivity contribution in [3.05, 3.63) is 169 Å². The molecule has 12 rings (SSSR count).